The first-order valence-electron chi connectivity index (χ1n) is 12.4. The Balaban J connectivity index is 2.84. The van der Waals surface area contributed by atoms with Crippen LogP contribution in [0.5, 0.6) is 5.75 Å². The van der Waals surface area contributed by atoms with Crippen LogP contribution in [0.3, 0.4) is 0 Å². The third-order valence-corrected chi connectivity index (χ3v) is 7.86. The standard InChI is InChI=1S/C24H29F13O3S/c1-2-3-4-5-6-7-8-9-15-40-17-10-12-18(13-11-17)41(38,39)16-14-19(25,26)20(27,28)21(29,30)22(31,32)23(33,34)24(35,36)37/h10-13H,2-9,14-16H2,1H3. The van der Waals surface area contributed by atoms with Gasteiger partial charge in [-0.15, -0.1) is 0 Å². The molecule has 17 heteroatoms. The Hall–Kier alpha value is -1.94. The van der Waals surface area contributed by atoms with E-state index in [-0.39, 0.29) is 12.4 Å². The van der Waals surface area contributed by atoms with Crippen molar-refractivity contribution < 1.29 is 70.2 Å². The van der Waals surface area contributed by atoms with Gasteiger partial charge in [-0.2, -0.15) is 57.1 Å². The zero-order valence-corrected chi connectivity index (χ0v) is 22.5. The second kappa shape index (κ2) is 13.6. The van der Waals surface area contributed by atoms with Gasteiger partial charge in [-0.1, -0.05) is 51.9 Å². The molecule has 3 nitrogen and oxygen atoms in total. The van der Waals surface area contributed by atoms with Crippen molar-refractivity contribution in [3.8, 4) is 5.75 Å². The molecule has 0 bridgehead atoms. The molecule has 0 atom stereocenters. The Morgan fingerprint density at radius 1 is 0.610 bits per heavy atom. The minimum absolute atomic E-state index is 0.135. The Morgan fingerprint density at radius 3 is 1.51 bits per heavy atom. The summed E-state index contributed by atoms with van der Waals surface area (Å²) in [7, 11) is -4.97. The second-order valence-corrected chi connectivity index (χ2v) is 11.5. The molecule has 1 aromatic carbocycles. The minimum Gasteiger partial charge on any atom is -0.494 e. The Morgan fingerprint density at radius 2 is 1.05 bits per heavy atom. The van der Waals surface area contributed by atoms with Gasteiger partial charge in [0, 0.05) is 6.42 Å². The van der Waals surface area contributed by atoms with Gasteiger partial charge >= 0.3 is 35.8 Å². The first-order valence-corrected chi connectivity index (χ1v) is 14.1. The average Bonchev–Trinajstić information content (AvgIpc) is 2.86. The molecule has 0 radical (unpaired) electrons. The first kappa shape index (κ1) is 37.1. The summed E-state index contributed by atoms with van der Waals surface area (Å²) in [6.45, 7) is 2.34. The number of ether oxygens (including phenoxy) is 1. The molecule has 0 spiro atoms. The molecule has 0 N–H and O–H groups in total. The van der Waals surface area contributed by atoms with E-state index in [0.717, 1.165) is 69.2 Å². The number of alkyl halides is 13. The molecule has 0 aromatic heterocycles. The van der Waals surface area contributed by atoms with E-state index in [0.29, 0.717) is 6.42 Å². The van der Waals surface area contributed by atoms with Gasteiger partial charge in [0.15, 0.2) is 9.84 Å². The highest BCUT2D eigenvalue weighted by Crippen LogP contribution is 2.60. The predicted molar refractivity (Wildman–Crippen MR) is 122 cm³/mol. The lowest BCUT2D eigenvalue weighted by atomic mass is 9.93. The van der Waals surface area contributed by atoms with E-state index in [1.165, 1.54) is 0 Å². The summed E-state index contributed by atoms with van der Waals surface area (Å²) in [4.78, 5) is -0.795. The van der Waals surface area contributed by atoms with Crippen LogP contribution in [-0.2, 0) is 9.84 Å². The molecule has 1 rings (SSSR count). The number of halogens is 13. The molecule has 0 aliphatic heterocycles. The quantitative estimate of drug-likeness (QED) is 0.118. The van der Waals surface area contributed by atoms with Gasteiger partial charge in [-0.25, -0.2) is 8.42 Å². The van der Waals surface area contributed by atoms with E-state index >= 15 is 0 Å². The summed E-state index contributed by atoms with van der Waals surface area (Å²) in [6.07, 6.45) is -2.25. The maximum atomic E-state index is 14.0. The highest BCUT2D eigenvalue weighted by molar-refractivity contribution is 7.91. The maximum absolute atomic E-state index is 14.0. The third kappa shape index (κ3) is 8.33. The molecule has 0 saturated heterocycles. The normalized spacial score (nSPS) is 14.4. The molecule has 1 aromatic rings. The van der Waals surface area contributed by atoms with Gasteiger partial charge in [0.25, 0.3) is 0 Å². The van der Waals surface area contributed by atoms with E-state index in [2.05, 4.69) is 6.92 Å². The monoisotopic (exact) mass is 644 g/mol. The van der Waals surface area contributed by atoms with E-state index in [4.69, 9.17) is 4.74 Å². The Bertz CT molecular complexity index is 1050. The fourth-order valence-corrected chi connectivity index (χ4v) is 4.82. The van der Waals surface area contributed by atoms with Crippen LogP contribution in [0, 0.1) is 0 Å². The molecule has 0 amide bonds. The lowest BCUT2D eigenvalue weighted by molar-refractivity contribution is -0.439. The molecule has 0 aliphatic rings. The highest BCUT2D eigenvalue weighted by Gasteiger charge is 2.90. The SMILES string of the molecule is CCCCCCCCCCOc1ccc(S(=O)(=O)CCC(F)(F)C(F)(F)C(F)(F)C(F)(F)C(F)(F)C(F)(F)F)cc1. The highest BCUT2D eigenvalue weighted by atomic mass is 32.2. The van der Waals surface area contributed by atoms with Gasteiger partial charge < -0.3 is 4.74 Å². The van der Waals surface area contributed by atoms with Crippen LogP contribution in [0.15, 0.2) is 29.2 Å². The number of unbranched alkanes of at least 4 members (excludes halogenated alkanes) is 7. The molecule has 0 fully saturated rings. The molecular formula is C24H29F13O3S. The summed E-state index contributed by atoms with van der Waals surface area (Å²) in [5.74, 6) is -39.8. The lowest BCUT2D eigenvalue weighted by Crippen LogP contribution is -2.70. The maximum Gasteiger partial charge on any atom is 0.460 e. The van der Waals surface area contributed by atoms with E-state index < -0.39 is 62.7 Å². The first-order chi connectivity index (χ1) is 18.5. The van der Waals surface area contributed by atoms with Crippen molar-refractivity contribution in [3.63, 3.8) is 0 Å². The smallest absolute Gasteiger partial charge is 0.460 e. The van der Waals surface area contributed by atoms with Crippen LogP contribution in [-0.4, -0.2) is 56.6 Å². The van der Waals surface area contributed by atoms with Gasteiger partial charge in [-0.3, -0.25) is 0 Å². The number of sulfone groups is 1. The van der Waals surface area contributed by atoms with Crippen LogP contribution in [0.25, 0.3) is 0 Å². The summed E-state index contributed by atoms with van der Waals surface area (Å²) < 4.78 is 201. The van der Waals surface area contributed by atoms with Crippen LogP contribution >= 0.6 is 0 Å². The van der Waals surface area contributed by atoms with Crippen molar-refractivity contribution in [2.24, 2.45) is 0 Å². The van der Waals surface area contributed by atoms with Gasteiger partial charge in [0.05, 0.1) is 17.3 Å². The number of hydrogen-bond acceptors (Lipinski definition) is 3. The van der Waals surface area contributed by atoms with Crippen molar-refractivity contribution in [3.05, 3.63) is 24.3 Å². The third-order valence-electron chi connectivity index (χ3n) is 6.13. The van der Waals surface area contributed by atoms with Crippen LogP contribution < -0.4 is 4.74 Å². The van der Waals surface area contributed by atoms with E-state index in [1.54, 1.807) is 0 Å². The van der Waals surface area contributed by atoms with Crippen molar-refractivity contribution in [1.29, 1.82) is 0 Å². The summed E-state index contributed by atoms with van der Waals surface area (Å²) in [5, 5.41) is 0. The Labute approximate surface area is 228 Å². The molecule has 0 saturated carbocycles. The molecule has 0 unspecified atom stereocenters. The number of benzene rings is 1. The largest absolute Gasteiger partial charge is 0.494 e. The molecule has 240 valence electrons. The van der Waals surface area contributed by atoms with Crippen LogP contribution in [0.2, 0.25) is 0 Å². The van der Waals surface area contributed by atoms with Crippen LogP contribution in [0.4, 0.5) is 57.1 Å². The van der Waals surface area contributed by atoms with E-state index in [9.17, 15) is 65.5 Å². The summed E-state index contributed by atoms with van der Waals surface area (Å²) >= 11 is 0. The molecule has 41 heavy (non-hydrogen) atoms. The van der Waals surface area contributed by atoms with E-state index in [1.807, 2.05) is 0 Å². The summed E-state index contributed by atoms with van der Waals surface area (Å²) in [5.41, 5.74) is 0. The van der Waals surface area contributed by atoms with Crippen molar-refractivity contribution >= 4 is 9.84 Å². The van der Waals surface area contributed by atoms with Crippen molar-refractivity contribution in [1.82, 2.24) is 0 Å². The van der Waals surface area contributed by atoms with Gasteiger partial charge in [0.1, 0.15) is 5.75 Å². The van der Waals surface area contributed by atoms with Crippen molar-refractivity contribution in [2.45, 2.75) is 105 Å². The average molecular weight is 645 g/mol. The number of hydrogen-bond donors (Lipinski definition) is 0. The van der Waals surface area contributed by atoms with Gasteiger partial charge in [-0.05, 0) is 30.7 Å². The summed E-state index contributed by atoms with van der Waals surface area (Å²) in [6, 6.07) is 3.72. The topological polar surface area (TPSA) is 43.4 Å². The van der Waals surface area contributed by atoms with Crippen molar-refractivity contribution in [2.75, 3.05) is 12.4 Å². The Kier molecular flexibility index (Phi) is 12.3. The fraction of sp³-hybridized carbons (Fsp3) is 0.750. The fourth-order valence-electron chi connectivity index (χ4n) is 3.51. The second-order valence-electron chi connectivity index (χ2n) is 9.36. The lowest BCUT2D eigenvalue weighted by Gasteiger charge is -2.39. The zero-order chi connectivity index (χ0) is 32.0. The number of rotatable bonds is 18. The molecular weight excluding hydrogens is 615 g/mol. The minimum atomic E-state index is -8.03. The van der Waals surface area contributed by atoms with Crippen LogP contribution in [0.1, 0.15) is 64.7 Å². The van der Waals surface area contributed by atoms with Gasteiger partial charge in [0.2, 0.25) is 0 Å². The zero-order valence-electron chi connectivity index (χ0n) is 21.6. The molecule has 0 heterocycles. The predicted octanol–water partition coefficient (Wildman–Crippen LogP) is 9.11. The molecule has 0 aliphatic carbocycles.